The van der Waals surface area contributed by atoms with Crippen molar-refractivity contribution in [3.63, 3.8) is 0 Å². The molecule has 0 amide bonds. The number of nitrogens with zero attached hydrogens (tertiary/aromatic N) is 2. The van der Waals surface area contributed by atoms with Crippen molar-refractivity contribution in [1.29, 1.82) is 5.41 Å². The first-order chi connectivity index (χ1) is 10.4. The highest BCUT2D eigenvalue weighted by Crippen LogP contribution is 2.16. The van der Waals surface area contributed by atoms with Crippen LogP contribution in [0, 0.1) is 11.2 Å². The lowest BCUT2D eigenvalue weighted by atomic mass is 10.1. The van der Waals surface area contributed by atoms with Crippen molar-refractivity contribution < 1.29 is 4.39 Å². The topological polar surface area (TPSA) is 91.5 Å². The van der Waals surface area contributed by atoms with Crippen LogP contribution in [0.1, 0.15) is 19.4 Å². The van der Waals surface area contributed by atoms with Crippen LogP contribution in [-0.2, 0) is 6.54 Å². The highest BCUT2D eigenvalue weighted by Gasteiger charge is 2.19. The molecule has 118 valence electrons. The number of rotatable bonds is 3. The van der Waals surface area contributed by atoms with Gasteiger partial charge >= 0.3 is 0 Å². The van der Waals surface area contributed by atoms with E-state index < -0.39 is 0 Å². The number of allylic oxidation sites excluding steroid dienone is 1. The van der Waals surface area contributed by atoms with Crippen molar-refractivity contribution in [2.75, 3.05) is 6.54 Å². The standard InChI is InChI=1S/C13H16FN5.C3H6/c1-8-11(15)7-19(18-12(8)13(16)17)6-9-4-2-3-5-10(9)14;1-3-2/h2-5H,6-7,15H2,1H3,(H3,16,17);3H,1H2,2H3. The molecule has 0 aliphatic carbocycles. The molecule has 1 aromatic rings. The average Bonchev–Trinajstić information content (AvgIpc) is 2.45. The summed E-state index contributed by atoms with van der Waals surface area (Å²) in [5.74, 6) is -0.425. The second kappa shape index (κ2) is 7.97. The predicted molar refractivity (Wildman–Crippen MR) is 88.9 cm³/mol. The molecule has 1 aliphatic heterocycles. The Morgan fingerprint density at radius 2 is 2.09 bits per heavy atom. The lowest BCUT2D eigenvalue weighted by molar-refractivity contribution is 0.294. The van der Waals surface area contributed by atoms with Crippen molar-refractivity contribution in [1.82, 2.24) is 5.01 Å². The highest BCUT2D eigenvalue weighted by atomic mass is 19.1. The molecule has 0 radical (unpaired) electrons. The third-order valence-electron chi connectivity index (χ3n) is 3.00. The maximum Gasteiger partial charge on any atom is 0.143 e. The fourth-order valence-corrected chi connectivity index (χ4v) is 1.89. The summed E-state index contributed by atoms with van der Waals surface area (Å²) in [4.78, 5) is 0. The second-order valence-corrected chi connectivity index (χ2v) is 4.83. The lowest BCUT2D eigenvalue weighted by Crippen LogP contribution is -2.36. The molecule has 0 unspecified atom stereocenters. The van der Waals surface area contributed by atoms with Crippen molar-refractivity contribution >= 4 is 11.5 Å². The van der Waals surface area contributed by atoms with E-state index in [1.54, 1.807) is 36.2 Å². The van der Waals surface area contributed by atoms with Crippen LogP contribution in [0.3, 0.4) is 0 Å². The van der Waals surface area contributed by atoms with Gasteiger partial charge in [0.05, 0.1) is 13.1 Å². The van der Waals surface area contributed by atoms with E-state index in [4.69, 9.17) is 16.9 Å². The molecule has 0 fully saturated rings. The van der Waals surface area contributed by atoms with Crippen LogP contribution in [0.15, 0.2) is 53.3 Å². The maximum atomic E-state index is 13.6. The summed E-state index contributed by atoms with van der Waals surface area (Å²) in [6.45, 7) is 7.71. The summed E-state index contributed by atoms with van der Waals surface area (Å²) in [7, 11) is 0. The van der Waals surface area contributed by atoms with E-state index in [0.717, 1.165) is 0 Å². The van der Waals surface area contributed by atoms with E-state index in [0.29, 0.717) is 29.1 Å². The van der Waals surface area contributed by atoms with Crippen molar-refractivity contribution in [3.05, 3.63) is 59.6 Å². The molecule has 0 spiro atoms. The first-order valence-electron chi connectivity index (χ1n) is 6.84. The van der Waals surface area contributed by atoms with Gasteiger partial charge in [0.1, 0.15) is 17.4 Å². The van der Waals surface area contributed by atoms with Crippen LogP contribution < -0.4 is 11.5 Å². The Labute approximate surface area is 130 Å². The van der Waals surface area contributed by atoms with Gasteiger partial charge in [-0.15, -0.1) is 6.58 Å². The summed E-state index contributed by atoms with van der Waals surface area (Å²) in [6.07, 6.45) is 1.75. The zero-order chi connectivity index (χ0) is 16.7. The van der Waals surface area contributed by atoms with Gasteiger partial charge in [-0.2, -0.15) is 5.10 Å². The summed E-state index contributed by atoms with van der Waals surface area (Å²) in [5.41, 5.74) is 13.5. The minimum atomic E-state index is -0.285. The van der Waals surface area contributed by atoms with E-state index in [2.05, 4.69) is 11.7 Å². The molecule has 6 heteroatoms. The molecule has 0 bridgehead atoms. The molecule has 0 atom stereocenters. The largest absolute Gasteiger partial charge is 0.400 e. The van der Waals surface area contributed by atoms with Crippen LogP contribution in [-0.4, -0.2) is 23.1 Å². The van der Waals surface area contributed by atoms with E-state index in [1.165, 1.54) is 6.07 Å². The number of halogens is 1. The monoisotopic (exact) mass is 303 g/mol. The number of amidine groups is 1. The van der Waals surface area contributed by atoms with Crippen molar-refractivity contribution in [2.45, 2.75) is 20.4 Å². The fourth-order valence-electron chi connectivity index (χ4n) is 1.89. The Balaban J connectivity index is 0.000000745. The fraction of sp³-hybridized carbons (Fsp3) is 0.250. The van der Waals surface area contributed by atoms with Crippen molar-refractivity contribution in [3.8, 4) is 0 Å². The second-order valence-electron chi connectivity index (χ2n) is 4.83. The summed E-state index contributed by atoms with van der Waals surface area (Å²) in [5, 5.41) is 13.3. The molecule has 0 aromatic heterocycles. The van der Waals surface area contributed by atoms with Gasteiger partial charge in [0.15, 0.2) is 0 Å². The molecular formula is C16H22FN5. The molecule has 2 rings (SSSR count). The molecule has 1 heterocycles. The number of nitrogens with two attached hydrogens (primary N) is 2. The predicted octanol–water partition coefficient (Wildman–Crippen LogP) is 2.36. The van der Waals surface area contributed by atoms with Crippen LogP contribution in [0.25, 0.3) is 0 Å². The summed E-state index contributed by atoms with van der Waals surface area (Å²) >= 11 is 0. The lowest BCUT2D eigenvalue weighted by Gasteiger charge is -2.26. The van der Waals surface area contributed by atoms with Crippen LogP contribution >= 0.6 is 0 Å². The minimum Gasteiger partial charge on any atom is -0.400 e. The Kier molecular flexibility index (Phi) is 6.31. The number of hydrogen-bond acceptors (Lipinski definition) is 4. The van der Waals surface area contributed by atoms with E-state index in [9.17, 15) is 4.39 Å². The molecule has 0 saturated heterocycles. The Morgan fingerprint density at radius 3 is 2.64 bits per heavy atom. The van der Waals surface area contributed by atoms with Gasteiger partial charge < -0.3 is 11.5 Å². The van der Waals surface area contributed by atoms with Gasteiger partial charge in [-0.3, -0.25) is 10.4 Å². The highest BCUT2D eigenvalue weighted by molar-refractivity contribution is 6.46. The van der Waals surface area contributed by atoms with E-state index >= 15 is 0 Å². The Morgan fingerprint density at radius 1 is 1.50 bits per heavy atom. The molecule has 1 aromatic carbocycles. The number of hydrogen-bond donors (Lipinski definition) is 3. The SMILES string of the molecule is C=CC.CC1=C(N)CN(Cc2ccccc2F)N=C1C(=N)N. The van der Waals surface area contributed by atoms with Crippen LogP contribution in [0.4, 0.5) is 4.39 Å². The number of nitrogens with one attached hydrogen (secondary N) is 1. The minimum absolute atomic E-state index is 0.140. The quantitative estimate of drug-likeness (QED) is 0.455. The molecule has 5 nitrogen and oxygen atoms in total. The van der Waals surface area contributed by atoms with Gasteiger partial charge in [-0.05, 0) is 19.9 Å². The average molecular weight is 303 g/mol. The van der Waals surface area contributed by atoms with Gasteiger partial charge in [-0.1, -0.05) is 24.3 Å². The number of benzene rings is 1. The van der Waals surface area contributed by atoms with Gasteiger partial charge in [-0.25, -0.2) is 4.39 Å². The third-order valence-corrected chi connectivity index (χ3v) is 3.00. The molecular weight excluding hydrogens is 281 g/mol. The zero-order valence-electron chi connectivity index (χ0n) is 12.9. The van der Waals surface area contributed by atoms with Gasteiger partial charge in [0.2, 0.25) is 0 Å². The van der Waals surface area contributed by atoms with Gasteiger partial charge in [0, 0.05) is 16.8 Å². The van der Waals surface area contributed by atoms with E-state index in [1.807, 2.05) is 6.92 Å². The van der Waals surface area contributed by atoms with Gasteiger partial charge in [0.25, 0.3) is 0 Å². The first kappa shape index (κ1) is 17.4. The van der Waals surface area contributed by atoms with Crippen LogP contribution in [0.5, 0.6) is 0 Å². The Hall–Kier alpha value is -2.63. The molecule has 22 heavy (non-hydrogen) atoms. The summed E-state index contributed by atoms with van der Waals surface area (Å²) in [6, 6.07) is 6.50. The molecule has 1 aliphatic rings. The molecule has 0 saturated carbocycles. The summed E-state index contributed by atoms with van der Waals surface area (Å²) < 4.78 is 13.6. The molecule has 5 N–H and O–H groups in total. The van der Waals surface area contributed by atoms with Crippen molar-refractivity contribution in [2.24, 2.45) is 16.6 Å². The number of hydrazone groups is 1. The smallest absolute Gasteiger partial charge is 0.143 e. The van der Waals surface area contributed by atoms with Crippen LogP contribution in [0.2, 0.25) is 0 Å². The first-order valence-corrected chi connectivity index (χ1v) is 6.84. The third kappa shape index (κ3) is 4.44. The van der Waals surface area contributed by atoms with E-state index in [-0.39, 0.29) is 18.2 Å². The maximum absolute atomic E-state index is 13.6. The Bertz CT molecular complexity index is 619. The zero-order valence-corrected chi connectivity index (χ0v) is 12.9. The normalized spacial score (nSPS) is 14.0.